The van der Waals surface area contributed by atoms with Crippen molar-refractivity contribution in [3.63, 3.8) is 0 Å². The van der Waals surface area contributed by atoms with Gasteiger partial charge in [0.2, 0.25) is 0 Å². The van der Waals surface area contributed by atoms with Gasteiger partial charge in [-0.15, -0.1) is 0 Å². The molecule has 0 aliphatic carbocycles. The Labute approximate surface area is 105 Å². The third-order valence-electron chi connectivity index (χ3n) is 4.36. The lowest BCUT2D eigenvalue weighted by Gasteiger charge is -2.28. The molecule has 17 heavy (non-hydrogen) atoms. The number of nitrogens with two attached hydrogens (primary N) is 1. The average molecular weight is 241 g/mol. The largest absolute Gasteiger partial charge is 0.376 e. The monoisotopic (exact) mass is 241 g/mol. The van der Waals surface area contributed by atoms with Crippen LogP contribution in [0.1, 0.15) is 26.2 Å². The Morgan fingerprint density at radius 1 is 1.29 bits per heavy atom. The van der Waals surface area contributed by atoms with Crippen LogP contribution in [0.2, 0.25) is 0 Å². The van der Waals surface area contributed by atoms with E-state index in [1.165, 1.54) is 32.4 Å². The molecule has 4 heteroatoms. The molecule has 0 aromatic rings. The first-order valence-corrected chi connectivity index (χ1v) is 7.00. The molecule has 2 heterocycles. The molecule has 3 unspecified atom stereocenters. The minimum Gasteiger partial charge on any atom is -0.376 e. The van der Waals surface area contributed by atoms with Crippen molar-refractivity contribution >= 4 is 0 Å². The van der Waals surface area contributed by atoms with E-state index in [0.29, 0.717) is 6.54 Å². The summed E-state index contributed by atoms with van der Waals surface area (Å²) in [6.45, 7) is 6.84. The van der Waals surface area contributed by atoms with Crippen molar-refractivity contribution in [1.29, 1.82) is 0 Å². The van der Waals surface area contributed by atoms with E-state index in [1.807, 2.05) is 6.92 Å². The Bertz CT molecular complexity index is 237. The highest BCUT2D eigenvalue weighted by molar-refractivity contribution is 4.91. The lowest BCUT2D eigenvalue weighted by atomic mass is 10.1. The van der Waals surface area contributed by atoms with Crippen LogP contribution in [0.25, 0.3) is 0 Å². The average Bonchev–Trinajstić information content (AvgIpc) is 2.56. The standard InChI is InChI=1S/C13H27N3O/c1-3-17-13(8-14)10-16-7-6-11-4-5-12(9-16)15(11)2/h11-13H,3-10,14H2,1-2H3. The van der Waals surface area contributed by atoms with Crippen LogP contribution in [0.5, 0.6) is 0 Å². The summed E-state index contributed by atoms with van der Waals surface area (Å²) >= 11 is 0. The van der Waals surface area contributed by atoms with Crippen LogP contribution in [0, 0.1) is 0 Å². The number of likely N-dealkylation sites (N-methyl/N-ethyl adjacent to an activating group) is 1. The Hall–Kier alpha value is -0.160. The van der Waals surface area contributed by atoms with E-state index in [2.05, 4.69) is 16.8 Å². The molecule has 2 N–H and O–H groups in total. The smallest absolute Gasteiger partial charge is 0.0823 e. The Morgan fingerprint density at radius 2 is 2.06 bits per heavy atom. The van der Waals surface area contributed by atoms with Gasteiger partial charge in [0, 0.05) is 38.3 Å². The van der Waals surface area contributed by atoms with Crippen molar-refractivity contribution in [2.45, 2.75) is 44.4 Å². The second-order valence-electron chi connectivity index (χ2n) is 5.41. The van der Waals surface area contributed by atoms with Gasteiger partial charge in [-0.2, -0.15) is 0 Å². The van der Waals surface area contributed by atoms with Crippen LogP contribution >= 0.6 is 0 Å². The number of hydrogen-bond acceptors (Lipinski definition) is 4. The second kappa shape index (κ2) is 6.14. The quantitative estimate of drug-likeness (QED) is 0.762. The fourth-order valence-electron chi connectivity index (χ4n) is 3.26. The predicted molar refractivity (Wildman–Crippen MR) is 70.1 cm³/mol. The van der Waals surface area contributed by atoms with Crippen molar-refractivity contribution in [3.8, 4) is 0 Å². The molecule has 0 saturated carbocycles. The zero-order valence-corrected chi connectivity index (χ0v) is 11.3. The minimum atomic E-state index is 0.210. The topological polar surface area (TPSA) is 41.7 Å². The molecule has 4 nitrogen and oxygen atoms in total. The Kier molecular flexibility index (Phi) is 4.79. The molecule has 3 atom stereocenters. The van der Waals surface area contributed by atoms with Gasteiger partial charge in [-0.25, -0.2) is 0 Å². The maximum atomic E-state index is 5.76. The van der Waals surface area contributed by atoms with Crippen LogP contribution in [0.3, 0.4) is 0 Å². The molecule has 0 aromatic carbocycles. The summed E-state index contributed by atoms with van der Waals surface area (Å²) in [6.07, 6.45) is 4.26. The van der Waals surface area contributed by atoms with E-state index in [1.54, 1.807) is 0 Å². The van der Waals surface area contributed by atoms with Gasteiger partial charge in [0.15, 0.2) is 0 Å². The predicted octanol–water partition coefficient (Wildman–Crippen LogP) is 0.519. The van der Waals surface area contributed by atoms with E-state index in [0.717, 1.165) is 25.2 Å². The molecule has 2 saturated heterocycles. The highest BCUT2D eigenvalue weighted by atomic mass is 16.5. The van der Waals surface area contributed by atoms with Crippen LogP contribution < -0.4 is 5.73 Å². The zero-order valence-electron chi connectivity index (χ0n) is 11.3. The van der Waals surface area contributed by atoms with Gasteiger partial charge in [-0.05, 0) is 39.8 Å². The van der Waals surface area contributed by atoms with Crippen LogP contribution in [-0.2, 0) is 4.74 Å². The van der Waals surface area contributed by atoms with Crippen molar-refractivity contribution in [2.75, 3.05) is 39.8 Å². The first-order valence-electron chi connectivity index (χ1n) is 7.00. The summed E-state index contributed by atoms with van der Waals surface area (Å²) in [6, 6.07) is 1.57. The highest BCUT2D eigenvalue weighted by Gasteiger charge is 2.34. The van der Waals surface area contributed by atoms with Crippen molar-refractivity contribution in [2.24, 2.45) is 5.73 Å². The Morgan fingerprint density at radius 3 is 2.76 bits per heavy atom. The third-order valence-corrected chi connectivity index (χ3v) is 4.36. The maximum Gasteiger partial charge on any atom is 0.0823 e. The Balaban J connectivity index is 1.86. The molecule has 0 radical (unpaired) electrons. The molecule has 100 valence electrons. The van der Waals surface area contributed by atoms with Gasteiger partial charge in [0.05, 0.1) is 6.10 Å². The number of rotatable bonds is 5. The lowest BCUT2D eigenvalue weighted by Crippen LogP contribution is -2.42. The van der Waals surface area contributed by atoms with Crippen molar-refractivity contribution in [3.05, 3.63) is 0 Å². The summed E-state index contributed by atoms with van der Waals surface area (Å²) in [5, 5.41) is 0. The van der Waals surface area contributed by atoms with Gasteiger partial charge in [0.25, 0.3) is 0 Å². The minimum absolute atomic E-state index is 0.210. The van der Waals surface area contributed by atoms with E-state index in [-0.39, 0.29) is 6.10 Å². The van der Waals surface area contributed by atoms with E-state index in [4.69, 9.17) is 10.5 Å². The summed E-state index contributed by atoms with van der Waals surface area (Å²) in [7, 11) is 2.29. The van der Waals surface area contributed by atoms with Crippen molar-refractivity contribution < 1.29 is 4.74 Å². The van der Waals surface area contributed by atoms with E-state index >= 15 is 0 Å². The number of hydrogen-bond donors (Lipinski definition) is 1. The molecule has 0 aromatic heterocycles. The number of likely N-dealkylation sites (tertiary alicyclic amines) is 1. The molecule has 2 aliphatic heterocycles. The van der Waals surface area contributed by atoms with Crippen molar-refractivity contribution in [1.82, 2.24) is 9.80 Å². The van der Waals surface area contributed by atoms with Gasteiger partial charge in [-0.1, -0.05) is 0 Å². The van der Waals surface area contributed by atoms with Gasteiger partial charge in [-0.3, -0.25) is 9.80 Å². The normalized spacial score (nSPS) is 32.6. The van der Waals surface area contributed by atoms with Gasteiger partial charge in [0.1, 0.15) is 0 Å². The van der Waals surface area contributed by atoms with Crippen LogP contribution in [-0.4, -0.2) is 67.8 Å². The van der Waals surface area contributed by atoms with Gasteiger partial charge < -0.3 is 10.5 Å². The van der Waals surface area contributed by atoms with Crippen LogP contribution in [0.4, 0.5) is 0 Å². The summed E-state index contributed by atoms with van der Waals surface area (Å²) in [5.74, 6) is 0. The molecular weight excluding hydrogens is 214 g/mol. The number of ether oxygens (including phenoxy) is 1. The lowest BCUT2D eigenvalue weighted by molar-refractivity contribution is 0.0371. The molecular formula is C13H27N3O. The maximum absolute atomic E-state index is 5.76. The first-order chi connectivity index (χ1) is 8.24. The van der Waals surface area contributed by atoms with Gasteiger partial charge >= 0.3 is 0 Å². The second-order valence-corrected chi connectivity index (χ2v) is 5.41. The molecule has 2 fully saturated rings. The molecule has 0 spiro atoms. The molecule has 0 amide bonds. The molecule has 2 rings (SSSR count). The van der Waals surface area contributed by atoms with E-state index in [9.17, 15) is 0 Å². The molecule has 2 aliphatic rings. The zero-order chi connectivity index (χ0) is 12.3. The number of nitrogens with zero attached hydrogens (tertiary/aromatic N) is 2. The summed E-state index contributed by atoms with van der Waals surface area (Å²) in [5.41, 5.74) is 5.76. The SMILES string of the molecule is CCOC(CN)CN1CCC2CCC(C1)N2C. The van der Waals surface area contributed by atoms with Crippen LogP contribution in [0.15, 0.2) is 0 Å². The fraction of sp³-hybridized carbons (Fsp3) is 1.00. The summed E-state index contributed by atoms with van der Waals surface area (Å²) < 4.78 is 5.66. The summed E-state index contributed by atoms with van der Waals surface area (Å²) in [4.78, 5) is 5.13. The first kappa shape index (κ1) is 13.3. The fourth-order valence-corrected chi connectivity index (χ4v) is 3.26. The number of fused-ring (bicyclic) bond motifs is 2. The third kappa shape index (κ3) is 3.19. The molecule has 2 bridgehead atoms. The highest BCUT2D eigenvalue weighted by Crippen LogP contribution is 2.28. The van der Waals surface area contributed by atoms with E-state index < -0.39 is 0 Å².